The van der Waals surface area contributed by atoms with Crippen molar-refractivity contribution in [2.24, 2.45) is 0 Å². The highest BCUT2D eigenvalue weighted by atomic mass is 16.7. The summed E-state index contributed by atoms with van der Waals surface area (Å²) in [7, 11) is 0. The Kier molecular flexibility index (Phi) is 38.0. The van der Waals surface area contributed by atoms with Gasteiger partial charge in [-0.25, -0.2) is 0 Å². The van der Waals surface area contributed by atoms with Crippen LogP contribution in [0.15, 0.2) is 0 Å². The van der Waals surface area contributed by atoms with E-state index >= 15 is 0 Å². The summed E-state index contributed by atoms with van der Waals surface area (Å²) in [6.45, 7) is 12.9. The third kappa shape index (κ3) is 36.7. The van der Waals surface area contributed by atoms with Gasteiger partial charge in [-0.1, -0.05) is 90.4 Å². The maximum atomic E-state index is 5.68. The van der Waals surface area contributed by atoms with Gasteiger partial charge < -0.3 is 47.4 Å². The monoisotopic (exact) mass is 679 g/mol. The van der Waals surface area contributed by atoms with Gasteiger partial charge in [-0.2, -0.15) is 0 Å². The van der Waals surface area contributed by atoms with E-state index in [-0.39, 0.29) is 6.29 Å². The molecule has 47 heavy (non-hydrogen) atoms. The lowest BCUT2D eigenvalue weighted by atomic mass is 10.0. The molecule has 10 nitrogen and oxygen atoms in total. The molecule has 1 fully saturated rings. The van der Waals surface area contributed by atoms with Gasteiger partial charge in [0.25, 0.3) is 0 Å². The molecule has 1 saturated heterocycles. The quantitative estimate of drug-likeness (QED) is 0.0623. The minimum Gasteiger partial charge on any atom is -0.379 e. The Bertz CT molecular complexity index is 565. The van der Waals surface area contributed by atoms with Crippen LogP contribution in [0, 0.1) is 0 Å². The van der Waals surface area contributed by atoms with Crippen LogP contribution in [0.3, 0.4) is 0 Å². The first-order valence-corrected chi connectivity index (χ1v) is 19.3. The normalized spacial score (nSPS) is 15.1. The molecule has 0 radical (unpaired) electrons. The van der Waals surface area contributed by atoms with Crippen molar-refractivity contribution in [1.82, 2.24) is 0 Å². The second-order valence-electron chi connectivity index (χ2n) is 12.2. The van der Waals surface area contributed by atoms with Gasteiger partial charge in [-0.3, -0.25) is 0 Å². The number of unbranched alkanes of at least 4 members (excludes halogenated alkanes) is 13. The first-order chi connectivity index (χ1) is 23.4. The second kappa shape index (κ2) is 40.0. The second-order valence-corrected chi connectivity index (χ2v) is 12.2. The Morgan fingerprint density at radius 3 is 1.02 bits per heavy atom. The van der Waals surface area contributed by atoms with Crippen molar-refractivity contribution < 1.29 is 47.4 Å². The van der Waals surface area contributed by atoms with Crippen molar-refractivity contribution in [1.29, 1.82) is 0 Å². The lowest BCUT2D eigenvalue weighted by Gasteiger charge is -2.22. The van der Waals surface area contributed by atoms with E-state index in [1.807, 2.05) is 0 Å². The third-order valence-corrected chi connectivity index (χ3v) is 7.92. The van der Waals surface area contributed by atoms with Crippen LogP contribution in [0.1, 0.15) is 116 Å². The molecule has 0 spiro atoms. The van der Waals surface area contributed by atoms with Gasteiger partial charge in [0.15, 0.2) is 6.29 Å². The highest BCUT2D eigenvalue weighted by Crippen LogP contribution is 2.14. The van der Waals surface area contributed by atoms with Gasteiger partial charge in [0.05, 0.1) is 106 Å². The fourth-order valence-corrected chi connectivity index (χ4v) is 5.12. The van der Waals surface area contributed by atoms with Crippen LogP contribution in [0.2, 0.25) is 0 Å². The van der Waals surface area contributed by atoms with Gasteiger partial charge in [0.1, 0.15) is 0 Å². The summed E-state index contributed by atoms with van der Waals surface area (Å²) in [6.07, 6.45) is 22.5. The van der Waals surface area contributed by atoms with E-state index in [0.29, 0.717) is 106 Å². The zero-order valence-corrected chi connectivity index (χ0v) is 30.4. The maximum absolute atomic E-state index is 5.68. The number of hydrogen-bond donors (Lipinski definition) is 0. The lowest BCUT2D eigenvalue weighted by Crippen LogP contribution is -2.24. The molecule has 1 unspecified atom stereocenters. The molecular weight excluding hydrogens is 604 g/mol. The lowest BCUT2D eigenvalue weighted by molar-refractivity contribution is -0.169. The van der Waals surface area contributed by atoms with Crippen LogP contribution in [0.4, 0.5) is 0 Å². The van der Waals surface area contributed by atoms with E-state index in [0.717, 1.165) is 32.5 Å². The predicted octanol–water partition coefficient (Wildman–Crippen LogP) is 7.14. The standard InChI is InChI=1S/C37H74O10/c1-2-3-4-5-6-7-8-9-10-11-12-13-14-16-19-38-21-22-39-23-24-40-25-26-41-27-28-42-29-30-43-31-32-44-33-34-45-35-36-47-37-18-15-17-20-46-37/h37H,2-36H2,1H3. The highest BCUT2D eigenvalue weighted by Gasteiger charge is 2.13. The molecule has 0 aromatic heterocycles. The van der Waals surface area contributed by atoms with E-state index in [9.17, 15) is 0 Å². The number of ether oxygens (including phenoxy) is 10. The minimum absolute atomic E-state index is 0.0579. The largest absolute Gasteiger partial charge is 0.379 e. The summed E-state index contributed by atoms with van der Waals surface area (Å²) < 4.78 is 55.4. The fraction of sp³-hybridized carbons (Fsp3) is 1.00. The van der Waals surface area contributed by atoms with Crippen molar-refractivity contribution in [3.05, 3.63) is 0 Å². The third-order valence-electron chi connectivity index (χ3n) is 7.92. The molecule has 1 atom stereocenters. The van der Waals surface area contributed by atoms with Crippen molar-refractivity contribution >= 4 is 0 Å². The molecule has 0 N–H and O–H groups in total. The Balaban J connectivity index is 1.59. The summed E-state index contributed by atoms with van der Waals surface area (Å²) >= 11 is 0. The van der Waals surface area contributed by atoms with Gasteiger partial charge in [0, 0.05) is 13.2 Å². The Morgan fingerprint density at radius 2 is 0.681 bits per heavy atom. The molecule has 0 saturated carbocycles. The first-order valence-electron chi connectivity index (χ1n) is 19.3. The minimum atomic E-state index is -0.0579. The fourth-order valence-electron chi connectivity index (χ4n) is 5.12. The molecule has 0 aromatic carbocycles. The molecule has 282 valence electrons. The van der Waals surface area contributed by atoms with Crippen LogP contribution in [0.5, 0.6) is 0 Å². The van der Waals surface area contributed by atoms with Gasteiger partial charge >= 0.3 is 0 Å². The Hall–Kier alpha value is -0.400. The summed E-state index contributed by atoms with van der Waals surface area (Å²) in [4.78, 5) is 0. The van der Waals surface area contributed by atoms with E-state index in [1.54, 1.807) is 0 Å². The Morgan fingerprint density at radius 1 is 0.362 bits per heavy atom. The maximum Gasteiger partial charge on any atom is 0.157 e. The van der Waals surface area contributed by atoms with Gasteiger partial charge in [-0.15, -0.1) is 0 Å². The summed E-state index contributed by atoms with van der Waals surface area (Å²) in [5.74, 6) is 0. The number of rotatable bonds is 40. The van der Waals surface area contributed by atoms with Crippen LogP contribution in [-0.2, 0) is 47.4 Å². The van der Waals surface area contributed by atoms with Crippen LogP contribution in [0.25, 0.3) is 0 Å². The average molecular weight is 679 g/mol. The summed E-state index contributed by atoms with van der Waals surface area (Å²) in [5, 5.41) is 0. The van der Waals surface area contributed by atoms with E-state index < -0.39 is 0 Å². The summed E-state index contributed by atoms with van der Waals surface area (Å²) in [5.41, 5.74) is 0. The van der Waals surface area contributed by atoms with E-state index in [4.69, 9.17) is 47.4 Å². The molecule has 0 amide bonds. The molecule has 0 aliphatic carbocycles. The molecular formula is C37H74O10. The van der Waals surface area contributed by atoms with Crippen molar-refractivity contribution in [2.75, 3.05) is 119 Å². The highest BCUT2D eigenvalue weighted by molar-refractivity contribution is 4.54. The van der Waals surface area contributed by atoms with Gasteiger partial charge in [-0.05, 0) is 25.7 Å². The van der Waals surface area contributed by atoms with Crippen LogP contribution < -0.4 is 0 Å². The molecule has 0 aromatic rings. The molecule has 10 heteroatoms. The zero-order chi connectivity index (χ0) is 33.4. The van der Waals surface area contributed by atoms with Crippen molar-refractivity contribution in [3.63, 3.8) is 0 Å². The SMILES string of the molecule is CCCCCCCCCCCCCCCCOCCOCCOCCOCCOCCOCCOCCOCCOC1CCCCO1. The topological polar surface area (TPSA) is 92.3 Å². The molecule has 1 heterocycles. The first kappa shape index (κ1) is 44.6. The molecule has 0 bridgehead atoms. The summed E-state index contributed by atoms with van der Waals surface area (Å²) in [6, 6.07) is 0. The zero-order valence-electron chi connectivity index (χ0n) is 30.4. The van der Waals surface area contributed by atoms with Crippen molar-refractivity contribution in [2.45, 2.75) is 122 Å². The van der Waals surface area contributed by atoms with Crippen molar-refractivity contribution in [3.8, 4) is 0 Å². The average Bonchev–Trinajstić information content (AvgIpc) is 3.09. The predicted molar refractivity (Wildman–Crippen MR) is 186 cm³/mol. The smallest absolute Gasteiger partial charge is 0.157 e. The van der Waals surface area contributed by atoms with Crippen LogP contribution in [-0.4, -0.2) is 125 Å². The van der Waals surface area contributed by atoms with Gasteiger partial charge in [0.2, 0.25) is 0 Å². The van der Waals surface area contributed by atoms with Crippen LogP contribution >= 0.6 is 0 Å². The Labute approximate surface area is 288 Å². The van der Waals surface area contributed by atoms with E-state index in [1.165, 1.54) is 89.9 Å². The molecule has 1 aliphatic rings. The molecule has 1 aliphatic heterocycles. The molecule has 1 rings (SSSR count). The number of hydrogen-bond acceptors (Lipinski definition) is 10. The van der Waals surface area contributed by atoms with E-state index in [2.05, 4.69) is 6.92 Å².